The van der Waals surface area contributed by atoms with Gasteiger partial charge in [0.15, 0.2) is 0 Å². The fourth-order valence-corrected chi connectivity index (χ4v) is 3.79. The van der Waals surface area contributed by atoms with Crippen LogP contribution in [0.15, 0.2) is 46.4 Å². The average Bonchev–Trinajstić information content (AvgIpc) is 2.97. The molecule has 1 aromatic carbocycles. The van der Waals surface area contributed by atoms with E-state index in [1.807, 2.05) is 7.05 Å². The molecule has 2 aromatic heterocycles. The maximum absolute atomic E-state index is 3.52. The van der Waals surface area contributed by atoms with Gasteiger partial charge in [-0.25, -0.2) is 0 Å². The third-order valence-electron chi connectivity index (χ3n) is 3.17. The van der Waals surface area contributed by atoms with E-state index in [1.165, 1.54) is 25.1 Å². The molecule has 2 nitrogen and oxygen atoms in total. The van der Waals surface area contributed by atoms with Crippen molar-refractivity contribution in [1.29, 1.82) is 0 Å². The molecule has 0 saturated carbocycles. The highest BCUT2D eigenvalue weighted by atomic mass is 79.9. The van der Waals surface area contributed by atoms with E-state index in [1.54, 1.807) is 11.3 Å². The van der Waals surface area contributed by atoms with Crippen molar-refractivity contribution < 1.29 is 0 Å². The number of halogens is 1. The number of fused-ring (bicyclic) bond motifs is 1. The number of thiophene rings is 1. The van der Waals surface area contributed by atoms with E-state index in [9.17, 15) is 0 Å². The molecule has 0 unspecified atom stereocenters. The summed E-state index contributed by atoms with van der Waals surface area (Å²) in [5.41, 5.74) is 2.62. The van der Waals surface area contributed by atoms with Crippen LogP contribution in [0, 0.1) is 0 Å². The Kier molecular flexibility index (Phi) is 3.73. The number of benzene rings is 1. The summed E-state index contributed by atoms with van der Waals surface area (Å²) in [6, 6.07) is 13.1. The van der Waals surface area contributed by atoms with Gasteiger partial charge in [-0.3, -0.25) is 0 Å². The van der Waals surface area contributed by atoms with Crippen LogP contribution in [0.25, 0.3) is 10.9 Å². The van der Waals surface area contributed by atoms with Gasteiger partial charge in [-0.2, -0.15) is 0 Å². The van der Waals surface area contributed by atoms with Crippen molar-refractivity contribution in [3.8, 4) is 0 Å². The molecule has 19 heavy (non-hydrogen) atoms. The van der Waals surface area contributed by atoms with Gasteiger partial charge >= 0.3 is 0 Å². The maximum Gasteiger partial charge on any atom is 0.0702 e. The summed E-state index contributed by atoms with van der Waals surface area (Å²) < 4.78 is 3.49. The van der Waals surface area contributed by atoms with Gasteiger partial charge in [0.1, 0.15) is 0 Å². The lowest BCUT2D eigenvalue weighted by Gasteiger charge is -2.05. The fraction of sp³-hybridized carbons (Fsp3) is 0.200. The Hall–Kier alpha value is -1.10. The normalized spacial score (nSPS) is 11.3. The molecule has 1 N–H and O–H groups in total. The third kappa shape index (κ3) is 2.76. The van der Waals surface area contributed by atoms with E-state index in [0.717, 1.165) is 13.1 Å². The van der Waals surface area contributed by atoms with Crippen molar-refractivity contribution in [2.75, 3.05) is 7.05 Å². The lowest BCUT2D eigenvalue weighted by molar-refractivity contribution is 0.818. The van der Waals surface area contributed by atoms with Gasteiger partial charge in [0.25, 0.3) is 0 Å². The standard InChI is InChI=1S/C15H15BrN2S/c1-17-9-11-2-4-14-12(8-11)6-7-18(14)10-13-3-5-15(16)19-13/h2-8,17H,9-10H2,1H3. The first-order chi connectivity index (χ1) is 9.26. The summed E-state index contributed by atoms with van der Waals surface area (Å²) in [4.78, 5) is 1.36. The first-order valence-corrected chi connectivity index (χ1v) is 7.84. The zero-order chi connectivity index (χ0) is 13.2. The molecule has 0 aliphatic rings. The highest BCUT2D eigenvalue weighted by molar-refractivity contribution is 9.11. The van der Waals surface area contributed by atoms with E-state index in [0.29, 0.717) is 0 Å². The highest BCUT2D eigenvalue weighted by Crippen LogP contribution is 2.25. The number of hydrogen-bond acceptors (Lipinski definition) is 2. The molecule has 0 fully saturated rings. The Bertz CT molecular complexity index is 699. The van der Waals surface area contributed by atoms with Gasteiger partial charge in [0.05, 0.1) is 10.3 Å². The van der Waals surface area contributed by atoms with Crippen LogP contribution in [0.2, 0.25) is 0 Å². The lowest BCUT2D eigenvalue weighted by atomic mass is 10.1. The SMILES string of the molecule is CNCc1ccc2c(ccn2Cc2ccc(Br)s2)c1. The molecule has 3 rings (SSSR count). The Balaban J connectivity index is 1.92. The molecule has 0 spiro atoms. The van der Waals surface area contributed by atoms with Crippen LogP contribution in [0.1, 0.15) is 10.4 Å². The molecule has 0 amide bonds. The van der Waals surface area contributed by atoms with E-state index in [4.69, 9.17) is 0 Å². The summed E-state index contributed by atoms with van der Waals surface area (Å²) in [5, 5.41) is 4.50. The first-order valence-electron chi connectivity index (χ1n) is 6.23. The van der Waals surface area contributed by atoms with Crippen LogP contribution in [0.5, 0.6) is 0 Å². The molecule has 0 atom stereocenters. The van der Waals surface area contributed by atoms with E-state index in [-0.39, 0.29) is 0 Å². The Morgan fingerprint density at radius 3 is 2.84 bits per heavy atom. The fourth-order valence-electron chi connectivity index (χ4n) is 2.31. The minimum Gasteiger partial charge on any atom is -0.342 e. The zero-order valence-electron chi connectivity index (χ0n) is 10.7. The van der Waals surface area contributed by atoms with Gasteiger partial charge in [0.2, 0.25) is 0 Å². The largest absolute Gasteiger partial charge is 0.342 e. The van der Waals surface area contributed by atoms with E-state index >= 15 is 0 Å². The summed E-state index contributed by atoms with van der Waals surface area (Å²) in [6.07, 6.45) is 2.17. The van der Waals surface area contributed by atoms with Crippen molar-refractivity contribution in [2.24, 2.45) is 0 Å². The molecule has 0 aliphatic heterocycles. The molecule has 98 valence electrons. The summed E-state index contributed by atoms with van der Waals surface area (Å²) >= 11 is 5.31. The van der Waals surface area contributed by atoms with Gasteiger partial charge in [0, 0.05) is 23.1 Å². The number of aromatic nitrogens is 1. The second kappa shape index (κ2) is 5.49. The summed E-state index contributed by atoms with van der Waals surface area (Å²) in [7, 11) is 1.98. The lowest BCUT2D eigenvalue weighted by Crippen LogP contribution is -2.04. The number of hydrogen-bond donors (Lipinski definition) is 1. The first kappa shape index (κ1) is 12.9. The molecule has 3 aromatic rings. The maximum atomic E-state index is 3.52. The molecular weight excluding hydrogens is 320 g/mol. The van der Waals surface area contributed by atoms with Crippen LogP contribution >= 0.6 is 27.3 Å². The second-order valence-corrected chi connectivity index (χ2v) is 7.12. The van der Waals surface area contributed by atoms with Gasteiger partial charge in [-0.1, -0.05) is 6.07 Å². The molecule has 0 aliphatic carbocycles. The van der Waals surface area contributed by atoms with Crippen molar-refractivity contribution in [1.82, 2.24) is 9.88 Å². The molecule has 0 saturated heterocycles. The number of nitrogens with one attached hydrogen (secondary N) is 1. The van der Waals surface area contributed by atoms with Crippen LogP contribution in [0.4, 0.5) is 0 Å². The predicted molar refractivity (Wildman–Crippen MR) is 85.8 cm³/mol. The van der Waals surface area contributed by atoms with Crippen LogP contribution in [-0.4, -0.2) is 11.6 Å². The van der Waals surface area contributed by atoms with Gasteiger partial charge in [-0.15, -0.1) is 11.3 Å². The smallest absolute Gasteiger partial charge is 0.0702 e. The Morgan fingerprint density at radius 1 is 1.21 bits per heavy atom. The minimum atomic E-state index is 0.916. The quantitative estimate of drug-likeness (QED) is 0.755. The molecular formula is C15H15BrN2S. The summed E-state index contributed by atoms with van der Waals surface area (Å²) in [5.74, 6) is 0. The van der Waals surface area contributed by atoms with Crippen molar-refractivity contribution >= 4 is 38.2 Å². The van der Waals surface area contributed by atoms with E-state index in [2.05, 4.69) is 68.4 Å². The second-order valence-electron chi connectivity index (χ2n) is 4.57. The van der Waals surface area contributed by atoms with Crippen LogP contribution in [-0.2, 0) is 13.1 Å². The molecule has 0 bridgehead atoms. The van der Waals surface area contributed by atoms with E-state index < -0.39 is 0 Å². The highest BCUT2D eigenvalue weighted by Gasteiger charge is 2.04. The van der Waals surface area contributed by atoms with Gasteiger partial charge < -0.3 is 9.88 Å². The Labute approximate surface area is 125 Å². The Morgan fingerprint density at radius 2 is 2.11 bits per heavy atom. The predicted octanol–water partition coefficient (Wildman–Crippen LogP) is 4.23. The average molecular weight is 335 g/mol. The summed E-state index contributed by atoms with van der Waals surface area (Å²) in [6.45, 7) is 1.85. The molecule has 0 radical (unpaired) electrons. The third-order valence-corrected chi connectivity index (χ3v) is 4.78. The molecule has 2 heterocycles. The van der Waals surface area contributed by atoms with Crippen molar-refractivity contribution in [3.63, 3.8) is 0 Å². The number of nitrogens with zero attached hydrogens (tertiary/aromatic N) is 1. The van der Waals surface area contributed by atoms with Gasteiger partial charge in [-0.05, 0) is 64.3 Å². The van der Waals surface area contributed by atoms with Crippen LogP contribution in [0.3, 0.4) is 0 Å². The van der Waals surface area contributed by atoms with Crippen molar-refractivity contribution in [3.05, 3.63) is 56.8 Å². The van der Waals surface area contributed by atoms with Crippen molar-refractivity contribution in [2.45, 2.75) is 13.1 Å². The van der Waals surface area contributed by atoms with Crippen LogP contribution < -0.4 is 5.32 Å². The molecule has 4 heteroatoms. The topological polar surface area (TPSA) is 17.0 Å². The number of rotatable bonds is 4. The minimum absolute atomic E-state index is 0.916. The monoisotopic (exact) mass is 334 g/mol. The zero-order valence-corrected chi connectivity index (χ0v) is 13.1.